The number of anilines is 1. The average Bonchev–Trinajstić information content (AvgIpc) is 2.97. The second-order valence-corrected chi connectivity index (χ2v) is 5.49. The Morgan fingerprint density at radius 1 is 1.29 bits per heavy atom. The zero-order chi connectivity index (χ0) is 14.7. The molecule has 0 atom stereocenters. The summed E-state index contributed by atoms with van der Waals surface area (Å²) < 4.78 is 5.41. The van der Waals surface area contributed by atoms with Gasteiger partial charge >= 0.3 is 0 Å². The Balaban J connectivity index is 1.73. The van der Waals surface area contributed by atoms with E-state index in [2.05, 4.69) is 37.4 Å². The number of piperazine rings is 1. The van der Waals surface area contributed by atoms with Crippen LogP contribution >= 0.6 is 0 Å². The predicted molar refractivity (Wildman–Crippen MR) is 82.2 cm³/mol. The molecule has 6 nitrogen and oxygen atoms in total. The van der Waals surface area contributed by atoms with Gasteiger partial charge in [-0.2, -0.15) is 4.98 Å². The van der Waals surface area contributed by atoms with Crippen LogP contribution in [0.2, 0.25) is 0 Å². The quantitative estimate of drug-likeness (QED) is 0.912. The number of aromatic nitrogens is 2. The highest BCUT2D eigenvalue weighted by Gasteiger charge is 2.15. The number of hydrogen-bond acceptors (Lipinski definition) is 6. The minimum Gasteiger partial charge on any atom is -0.378 e. The van der Waals surface area contributed by atoms with Gasteiger partial charge in [0, 0.05) is 51.5 Å². The highest BCUT2D eigenvalue weighted by atomic mass is 16.5. The Bertz CT molecular complexity index is 589. The molecule has 2 heterocycles. The van der Waals surface area contributed by atoms with Crippen molar-refractivity contribution in [3.8, 4) is 11.5 Å². The predicted octanol–water partition coefficient (Wildman–Crippen LogP) is 1.21. The summed E-state index contributed by atoms with van der Waals surface area (Å²) in [6.45, 7) is 4.85. The van der Waals surface area contributed by atoms with Crippen molar-refractivity contribution in [3.05, 3.63) is 30.1 Å². The van der Waals surface area contributed by atoms with Crippen molar-refractivity contribution >= 4 is 5.69 Å². The van der Waals surface area contributed by atoms with Gasteiger partial charge in [-0.15, -0.1) is 0 Å². The lowest BCUT2D eigenvalue weighted by Crippen LogP contribution is -2.43. The topological polar surface area (TPSA) is 57.4 Å². The molecule has 0 saturated carbocycles. The van der Waals surface area contributed by atoms with E-state index in [0.717, 1.165) is 49.8 Å². The van der Waals surface area contributed by atoms with Crippen molar-refractivity contribution in [2.24, 2.45) is 0 Å². The van der Waals surface area contributed by atoms with Crippen LogP contribution in [0.3, 0.4) is 0 Å². The smallest absolute Gasteiger partial charge is 0.258 e. The van der Waals surface area contributed by atoms with Crippen LogP contribution in [0.25, 0.3) is 11.5 Å². The van der Waals surface area contributed by atoms with E-state index in [1.807, 2.05) is 26.2 Å². The maximum absolute atomic E-state index is 5.41. The molecule has 0 bridgehead atoms. The molecular weight excluding hydrogens is 266 g/mol. The first-order valence-electron chi connectivity index (χ1n) is 7.26. The fourth-order valence-corrected chi connectivity index (χ4v) is 2.42. The van der Waals surface area contributed by atoms with Gasteiger partial charge in [0.15, 0.2) is 5.82 Å². The molecule has 0 spiro atoms. The molecule has 0 amide bonds. The van der Waals surface area contributed by atoms with Crippen LogP contribution in [-0.2, 0) is 6.54 Å². The second kappa shape index (κ2) is 6.24. The first kappa shape index (κ1) is 14.0. The molecule has 1 aromatic carbocycles. The lowest BCUT2D eigenvalue weighted by molar-refractivity contribution is 0.225. The molecule has 1 saturated heterocycles. The average molecular weight is 287 g/mol. The third-order valence-electron chi connectivity index (χ3n) is 3.65. The van der Waals surface area contributed by atoms with Crippen molar-refractivity contribution in [3.63, 3.8) is 0 Å². The summed E-state index contributed by atoms with van der Waals surface area (Å²) in [7, 11) is 4.03. The van der Waals surface area contributed by atoms with Crippen molar-refractivity contribution in [1.29, 1.82) is 0 Å². The van der Waals surface area contributed by atoms with E-state index in [1.54, 1.807) is 0 Å². The summed E-state index contributed by atoms with van der Waals surface area (Å²) in [5.41, 5.74) is 2.08. The molecule has 6 heteroatoms. The molecule has 1 N–H and O–H groups in total. The number of rotatable bonds is 4. The van der Waals surface area contributed by atoms with Gasteiger partial charge in [0.1, 0.15) is 0 Å². The van der Waals surface area contributed by atoms with Gasteiger partial charge in [0.25, 0.3) is 5.89 Å². The molecule has 1 aliphatic rings. The Morgan fingerprint density at radius 3 is 2.86 bits per heavy atom. The van der Waals surface area contributed by atoms with Crippen LogP contribution < -0.4 is 10.2 Å². The van der Waals surface area contributed by atoms with E-state index in [-0.39, 0.29) is 0 Å². The lowest BCUT2D eigenvalue weighted by atomic mass is 10.2. The van der Waals surface area contributed by atoms with Gasteiger partial charge < -0.3 is 14.7 Å². The Labute approximate surface area is 124 Å². The number of hydrogen-bond donors (Lipinski definition) is 1. The van der Waals surface area contributed by atoms with E-state index in [9.17, 15) is 0 Å². The normalized spacial score (nSPS) is 16.1. The van der Waals surface area contributed by atoms with E-state index in [1.165, 1.54) is 0 Å². The summed E-state index contributed by atoms with van der Waals surface area (Å²) in [4.78, 5) is 8.91. The van der Waals surface area contributed by atoms with Gasteiger partial charge in [-0.3, -0.25) is 4.90 Å². The third-order valence-corrected chi connectivity index (χ3v) is 3.65. The fourth-order valence-electron chi connectivity index (χ4n) is 2.42. The minimum atomic E-state index is 0.587. The summed E-state index contributed by atoms with van der Waals surface area (Å²) in [5.74, 6) is 1.34. The number of nitrogens with zero attached hydrogens (tertiary/aromatic N) is 4. The Kier molecular flexibility index (Phi) is 4.17. The largest absolute Gasteiger partial charge is 0.378 e. The molecule has 21 heavy (non-hydrogen) atoms. The summed E-state index contributed by atoms with van der Waals surface area (Å²) in [6.07, 6.45) is 0. The van der Waals surface area contributed by atoms with Crippen LogP contribution in [0.15, 0.2) is 28.8 Å². The van der Waals surface area contributed by atoms with E-state index in [0.29, 0.717) is 5.89 Å². The van der Waals surface area contributed by atoms with E-state index in [4.69, 9.17) is 4.52 Å². The highest BCUT2D eigenvalue weighted by molar-refractivity contribution is 5.61. The molecule has 1 aliphatic heterocycles. The summed E-state index contributed by atoms with van der Waals surface area (Å²) >= 11 is 0. The standard InChI is InChI=1S/C15H21N5O/c1-19(2)13-5-3-4-12(10-13)15-17-14(18-21-15)11-20-8-6-16-7-9-20/h3-5,10,16H,6-9,11H2,1-2H3. The molecule has 112 valence electrons. The molecule has 2 aromatic rings. The molecule has 3 rings (SSSR count). The Morgan fingerprint density at radius 2 is 2.10 bits per heavy atom. The summed E-state index contributed by atoms with van der Waals surface area (Å²) in [5, 5.41) is 7.44. The molecule has 1 fully saturated rings. The summed E-state index contributed by atoms with van der Waals surface area (Å²) in [6, 6.07) is 8.11. The monoisotopic (exact) mass is 287 g/mol. The number of nitrogens with one attached hydrogen (secondary N) is 1. The van der Waals surface area contributed by atoms with Gasteiger partial charge in [-0.25, -0.2) is 0 Å². The molecule has 0 radical (unpaired) electrons. The SMILES string of the molecule is CN(C)c1cccc(-c2nc(CN3CCNCC3)no2)c1. The lowest BCUT2D eigenvalue weighted by Gasteiger charge is -2.25. The first-order valence-corrected chi connectivity index (χ1v) is 7.26. The number of benzene rings is 1. The molecule has 0 unspecified atom stereocenters. The Hall–Kier alpha value is -1.92. The van der Waals surface area contributed by atoms with Gasteiger partial charge in [-0.05, 0) is 18.2 Å². The molecule has 1 aromatic heterocycles. The van der Waals surface area contributed by atoms with Crippen LogP contribution in [0.4, 0.5) is 5.69 Å². The second-order valence-electron chi connectivity index (χ2n) is 5.49. The van der Waals surface area contributed by atoms with Crippen LogP contribution in [0.1, 0.15) is 5.82 Å². The van der Waals surface area contributed by atoms with Crippen molar-refractivity contribution in [2.45, 2.75) is 6.54 Å². The maximum atomic E-state index is 5.41. The van der Waals surface area contributed by atoms with Gasteiger partial charge in [-0.1, -0.05) is 11.2 Å². The van der Waals surface area contributed by atoms with Crippen molar-refractivity contribution in [1.82, 2.24) is 20.4 Å². The van der Waals surface area contributed by atoms with Crippen LogP contribution in [-0.4, -0.2) is 55.3 Å². The van der Waals surface area contributed by atoms with Crippen molar-refractivity contribution in [2.75, 3.05) is 45.2 Å². The van der Waals surface area contributed by atoms with E-state index >= 15 is 0 Å². The molecule has 0 aliphatic carbocycles. The molecular formula is C15H21N5O. The van der Waals surface area contributed by atoms with Crippen LogP contribution in [0, 0.1) is 0 Å². The van der Waals surface area contributed by atoms with Crippen molar-refractivity contribution < 1.29 is 4.52 Å². The zero-order valence-electron chi connectivity index (χ0n) is 12.5. The highest BCUT2D eigenvalue weighted by Crippen LogP contribution is 2.22. The first-order chi connectivity index (χ1) is 10.2. The maximum Gasteiger partial charge on any atom is 0.258 e. The van der Waals surface area contributed by atoms with E-state index < -0.39 is 0 Å². The van der Waals surface area contributed by atoms with Crippen LogP contribution in [0.5, 0.6) is 0 Å². The van der Waals surface area contributed by atoms with Gasteiger partial charge in [0.2, 0.25) is 0 Å². The third kappa shape index (κ3) is 3.40. The van der Waals surface area contributed by atoms with Gasteiger partial charge in [0.05, 0.1) is 6.54 Å². The zero-order valence-corrected chi connectivity index (χ0v) is 12.5. The fraction of sp³-hybridized carbons (Fsp3) is 0.467. The minimum absolute atomic E-state index is 0.587.